The molecule has 0 aliphatic carbocycles. The summed E-state index contributed by atoms with van der Waals surface area (Å²) in [6.07, 6.45) is 0. The number of carbonyl (C=O) groups is 2. The third-order valence-electron chi connectivity index (χ3n) is 5.30. The molecule has 0 aliphatic heterocycles. The van der Waals surface area contributed by atoms with Crippen molar-refractivity contribution in [3.63, 3.8) is 0 Å². The van der Waals surface area contributed by atoms with Crippen LogP contribution in [0.3, 0.4) is 0 Å². The number of carbonyl (C=O) groups excluding carboxylic acids is 2. The standard InChI is InChI=1S/C28H31NO5/c1-6-33-25-16-9-20(26(30)29-23-12-7-19(8-13-23)27(31)32-5)17-21(25)18-34-24-14-10-22(11-15-24)28(2,3)4/h7-17H,6,18H2,1-5H3,(H,29,30). The monoisotopic (exact) mass is 461 g/mol. The number of rotatable bonds is 8. The number of anilines is 1. The van der Waals surface area contributed by atoms with E-state index in [-0.39, 0.29) is 17.9 Å². The van der Waals surface area contributed by atoms with E-state index in [1.54, 1.807) is 42.5 Å². The molecule has 0 atom stereocenters. The maximum atomic E-state index is 12.8. The molecule has 0 saturated heterocycles. The van der Waals surface area contributed by atoms with Crippen molar-refractivity contribution in [2.24, 2.45) is 0 Å². The molecule has 0 aliphatic rings. The summed E-state index contributed by atoms with van der Waals surface area (Å²) in [6.45, 7) is 9.18. The van der Waals surface area contributed by atoms with Gasteiger partial charge in [0.25, 0.3) is 5.91 Å². The second-order valence-corrected chi connectivity index (χ2v) is 8.84. The molecule has 0 spiro atoms. The van der Waals surface area contributed by atoms with Crippen LogP contribution in [0.2, 0.25) is 0 Å². The van der Waals surface area contributed by atoms with Gasteiger partial charge in [0, 0.05) is 16.8 Å². The van der Waals surface area contributed by atoms with Crippen molar-refractivity contribution in [1.82, 2.24) is 0 Å². The van der Waals surface area contributed by atoms with Crippen LogP contribution >= 0.6 is 0 Å². The van der Waals surface area contributed by atoms with Gasteiger partial charge >= 0.3 is 5.97 Å². The van der Waals surface area contributed by atoms with E-state index < -0.39 is 5.97 Å². The number of hydrogen-bond acceptors (Lipinski definition) is 5. The Morgan fingerprint density at radius 2 is 1.50 bits per heavy atom. The van der Waals surface area contributed by atoms with Crippen molar-refractivity contribution in [2.45, 2.75) is 39.7 Å². The molecule has 6 nitrogen and oxygen atoms in total. The number of hydrogen-bond donors (Lipinski definition) is 1. The van der Waals surface area contributed by atoms with Crippen LogP contribution in [-0.2, 0) is 16.8 Å². The molecule has 0 unspecified atom stereocenters. The number of benzene rings is 3. The summed E-state index contributed by atoms with van der Waals surface area (Å²) in [5.41, 5.74) is 3.53. The van der Waals surface area contributed by atoms with Gasteiger partial charge in [-0.15, -0.1) is 0 Å². The van der Waals surface area contributed by atoms with Crippen LogP contribution in [0.1, 0.15) is 59.5 Å². The molecule has 0 aromatic heterocycles. The summed E-state index contributed by atoms with van der Waals surface area (Å²) in [5.74, 6) is 0.718. The molecule has 3 aromatic carbocycles. The second kappa shape index (κ2) is 10.9. The van der Waals surface area contributed by atoms with Gasteiger partial charge in [-0.25, -0.2) is 4.79 Å². The van der Waals surface area contributed by atoms with Crippen molar-refractivity contribution in [2.75, 3.05) is 19.0 Å². The topological polar surface area (TPSA) is 73.9 Å². The molecule has 3 rings (SSSR count). The van der Waals surface area contributed by atoms with Crippen molar-refractivity contribution in [1.29, 1.82) is 0 Å². The lowest BCUT2D eigenvalue weighted by Crippen LogP contribution is -2.13. The van der Waals surface area contributed by atoms with Crippen molar-refractivity contribution in [3.05, 3.63) is 89.0 Å². The minimum Gasteiger partial charge on any atom is -0.493 e. The first kappa shape index (κ1) is 24.8. The number of methoxy groups -OCH3 is 1. The maximum Gasteiger partial charge on any atom is 0.337 e. The summed E-state index contributed by atoms with van der Waals surface area (Å²) in [7, 11) is 1.33. The summed E-state index contributed by atoms with van der Waals surface area (Å²) in [6, 6.07) is 19.8. The number of ether oxygens (including phenoxy) is 3. The van der Waals surface area contributed by atoms with Crippen molar-refractivity contribution < 1.29 is 23.8 Å². The lowest BCUT2D eigenvalue weighted by Gasteiger charge is -2.19. The SMILES string of the molecule is CCOc1ccc(C(=O)Nc2ccc(C(=O)OC)cc2)cc1COc1ccc(C(C)(C)C)cc1. The minimum atomic E-state index is -0.429. The Hall–Kier alpha value is -3.80. The predicted molar refractivity (Wildman–Crippen MR) is 133 cm³/mol. The molecule has 0 heterocycles. The van der Waals surface area contributed by atoms with E-state index in [9.17, 15) is 9.59 Å². The molecule has 0 fully saturated rings. The summed E-state index contributed by atoms with van der Waals surface area (Å²) < 4.78 is 16.4. The Balaban J connectivity index is 1.73. The molecule has 1 N–H and O–H groups in total. The molecule has 178 valence electrons. The average molecular weight is 462 g/mol. The molecule has 3 aromatic rings. The molecular formula is C28H31NO5. The predicted octanol–water partition coefficient (Wildman–Crippen LogP) is 6.00. The number of amides is 1. The van der Waals surface area contributed by atoms with E-state index in [4.69, 9.17) is 14.2 Å². The van der Waals surface area contributed by atoms with E-state index in [0.29, 0.717) is 29.2 Å². The number of nitrogens with one attached hydrogen (secondary N) is 1. The van der Waals surface area contributed by atoms with Gasteiger partial charge in [0.1, 0.15) is 18.1 Å². The zero-order valence-electron chi connectivity index (χ0n) is 20.3. The van der Waals surface area contributed by atoms with Crippen molar-refractivity contribution >= 4 is 17.6 Å². The highest BCUT2D eigenvalue weighted by molar-refractivity contribution is 6.04. The normalized spacial score (nSPS) is 11.0. The van der Waals surface area contributed by atoms with Gasteiger partial charge in [-0.3, -0.25) is 4.79 Å². The highest BCUT2D eigenvalue weighted by atomic mass is 16.5. The highest BCUT2D eigenvalue weighted by Crippen LogP contribution is 2.26. The van der Waals surface area contributed by atoms with Crippen molar-refractivity contribution in [3.8, 4) is 11.5 Å². The highest BCUT2D eigenvalue weighted by Gasteiger charge is 2.15. The van der Waals surface area contributed by atoms with E-state index in [1.165, 1.54) is 12.7 Å². The van der Waals surface area contributed by atoms with Crippen LogP contribution in [0, 0.1) is 0 Å². The van der Waals surface area contributed by atoms with Crippen LogP contribution in [-0.4, -0.2) is 25.6 Å². The molecule has 34 heavy (non-hydrogen) atoms. The Kier molecular flexibility index (Phi) is 7.95. The van der Waals surface area contributed by atoms with Gasteiger partial charge < -0.3 is 19.5 Å². The first-order valence-corrected chi connectivity index (χ1v) is 11.2. The zero-order chi connectivity index (χ0) is 24.7. The molecule has 1 amide bonds. The quantitative estimate of drug-likeness (QED) is 0.417. The average Bonchev–Trinajstić information content (AvgIpc) is 2.83. The van der Waals surface area contributed by atoms with E-state index in [1.807, 2.05) is 19.1 Å². The van der Waals surface area contributed by atoms with Crippen LogP contribution < -0.4 is 14.8 Å². The first-order valence-electron chi connectivity index (χ1n) is 11.2. The fourth-order valence-electron chi connectivity index (χ4n) is 3.35. The Morgan fingerprint density at radius 1 is 0.853 bits per heavy atom. The molecule has 0 radical (unpaired) electrons. The van der Waals surface area contributed by atoms with Gasteiger partial charge in [0.2, 0.25) is 0 Å². The van der Waals surface area contributed by atoms with E-state index >= 15 is 0 Å². The third kappa shape index (κ3) is 6.38. The zero-order valence-corrected chi connectivity index (χ0v) is 20.3. The Bertz CT molecular complexity index is 1130. The first-order chi connectivity index (χ1) is 16.2. The van der Waals surface area contributed by atoms with Gasteiger partial charge in [0.15, 0.2) is 0 Å². The van der Waals surface area contributed by atoms with Gasteiger partial charge in [-0.1, -0.05) is 32.9 Å². The summed E-state index contributed by atoms with van der Waals surface area (Å²) in [4.78, 5) is 24.4. The fraction of sp³-hybridized carbons (Fsp3) is 0.286. The smallest absolute Gasteiger partial charge is 0.337 e. The molecular weight excluding hydrogens is 430 g/mol. The van der Waals surface area contributed by atoms with Crippen LogP contribution in [0.4, 0.5) is 5.69 Å². The lowest BCUT2D eigenvalue weighted by molar-refractivity contribution is 0.0600. The Morgan fingerprint density at radius 3 is 2.09 bits per heavy atom. The fourth-order valence-corrected chi connectivity index (χ4v) is 3.35. The van der Waals surface area contributed by atoms with Gasteiger partial charge in [0.05, 0.1) is 19.3 Å². The number of esters is 1. The van der Waals surface area contributed by atoms with E-state index in [2.05, 4.69) is 38.2 Å². The van der Waals surface area contributed by atoms with Crippen LogP contribution in [0.25, 0.3) is 0 Å². The second-order valence-electron chi connectivity index (χ2n) is 8.84. The lowest BCUT2D eigenvalue weighted by atomic mass is 9.87. The molecule has 6 heteroatoms. The molecule has 0 bridgehead atoms. The van der Waals surface area contributed by atoms with Gasteiger partial charge in [-0.05, 0) is 72.5 Å². The summed E-state index contributed by atoms with van der Waals surface area (Å²) in [5, 5.41) is 2.84. The van der Waals surface area contributed by atoms with E-state index in [0.717, 1.165) is 11.3 Å². The van der Waals surface area contributed by atoms with Crippen LogP contribution in [0.15, 0.2) is 66.7 Å². The van der Waals surface area contributed by atoms with Gasteiger partial charge in [-0.2, -0.15) is 0 Å². The maximum absolute atomic E-state index is 12.8. The summed E-state index contributed by atoms with van der Waals surface area (Å²) >= 11 is 0. The largest absolute Gasteiger partial charge is 0.493 e. The molecule has 0 saturated carbocycles. The Labute approximate surface area is 200 Å². The minimum absolute atomic E-state index is 0.0714. The van der Waals surface area contributed by atoms with Crippen LogP contribution in [0.5, 0.6) is 11.5 Å². The third-order valence-corrected chi connectivity index (χ3v) is 5.30.